The van der Waals surface area contributed by atoms with Gasteiger partial charge in [-0.25, -0.2) is 0 Å². The summed E-state index contributed by atoms with van der Waals surface area (Å²) >= 11 is 0. The molecule has 1 aromatic heterocycles. The van der Waals surface area contributed by atoms with Crippen molar-refractivity contribution in [3.05, 3.63) is 46.3 Å². The monoisotopic (exact) mass is 354 g/mol. The van der Waals surface area contributed by atoms with Crippen molar-refractivity contribution in [1.82, 2.24) is 0 Å². The second-order valence-electron chi connectivity index (χ2n) is 9.54. The minimum absolute atomic E-state index is 0.0690. The first kappa shape index (κ1) is 17.3. The van der Waals surface area contributed by atoms with Gasteiger partial charge in [-0.1, -0.05) is 27.7 Å². The number of carbonyl (C=O) groups excluding carboxylic acids is 2. The van der Waals surface area contributed by atoms with Crippen molar-refractivity contribution in [3.63, 3.8) is 0 Å². The molecule has 0 radical (unpaired) electrons. The second kappa shape index (κ2) is 5.45. The molecule has 0 bridgehead atoms. The molecule has 0 aromatic carbocycles. The van der Waals surface area contributed by atoms with Crippen LogP contribution in [-0.2, 0) is 14.3 Å². The van der Waals surface area contributed by atoms with Crippen molar-refractivity contribution < 1.29 is 18.7 Å². The van der Waals surface area contributed by atoms with Crippen LogP contribution in [0, 0.1) is 17.8 Å². The number of Topliss-reactive ketones (excluding diaryl/α,β-unsaturated/α-hetero) is 2. The average molecular weight is 354 g/mol. The predicted octanol–water partition coefficient (Wildman–Crippen LogP) is 4.99. The highest BCUT2D eigenvalue weighted by atomic mass is 16.5. The van der Waals surface area contributed by atoms with Crippen molar-refractivity contribution in [1.29, 1.82) is 0 Å². The van der Waals surface area contributed by atoms with Crippen LogP contribution in [0.1, 0.15) is 70.8 Å². The van der Waals surface area contributed by atoms with Gasteiger partial charge >= 0.3 is 0 Å². The van der Waals surface area contributed by atoms with Gasteiger partial charge in [0.05, 0.1) is 5.92 Å². The largest absolute Gasteiger partial charge is 0.465 e. The number of ether oxygens (including phenoxy) is 1. The number of ketones is 2. The van der Waals surface area contributed by atoms with E-state index in [1.807, 2.05) is 19.1 Å². The van der Waals surface area contributed by atoms with Crippen LogP contribution in [0.3, 0.4) is 0 Å². The first-order valence-electron chi connectivity index (χ1n) is 9.33. The summed E-state index contributed by atoms with van der Waals surface area (Å²) in [6.07, 6.45) is 2.34. The Hall–Kier alpha value is -2.10. The van der Waals surface area contributed by atoms with E-state index in [0.717, 1.165) is 17.3 Å². The van der Waals surface area contributed by atoms with E-state index in [2.05, 4.69) is 27.7 Å². The third-order valence-corrected chi connectivity index (χ3v) is 5.63. The lowest BCUT2D eigenvalue weighted by atomic mass is 9.66. The minimum atomic E-state index is -0.422. The number of aryl methyl sites for hydroxylation is 1. The molecule has 0 saturated carbocycles. The molecule has 4 rings (SSSR count). The number of hydrogen-bond donors (Lipinski definition) is 0. The van der Waals surface area contributed by atoms with E-state index in [9.17, 15) is 9.59 Å². The Morgan fingerprint density at radius 3 is 1.77 bits per heavy atom. The maximum atomic E-state index is 13.0. The lowest BCUT2D eigenvalue weighted by Gasteiger charge is -2.42. The molecule has 0 saturated heterocycles. The van der Waals surface area contributed by atoms with Gasteiger partial charge in [-0.05, 0) is 29.9 Å². The normalized spacial score (nSPS) is 25.1. The Morgan fingerprint density at radius 1 is 0.846 bits per heavy atom. The maximum absolute atomic E-state index is 13.0. The van der Waals surface area contributed by atoms with Gasteiger partial charge in [0.1, 0.15) is 23.0 Å². The SMILES string of the molecule is Cc1ccc(C2C3=C(CC(C)(C)CC3=O)OC3=C2C(=O)CC(C)(C)C3)o1. The fourth-order valence-corrected chi connectivity index (χ4v) is 4.57. The smallest absolute Gasteiger partial charge is 0.163 e. The number of carbonyl (C=O) groups is 2. The lowest BCUT2D eigenvalue weighted by molar-refractivity contribution is -0.120. The molecule has 1 aromatic rings. The molecule has 3 aliphatic rings. The van der Waals surface area contributed by atoms with Crippen LogP contribution in [0.5, 0.6) is 0 Å². The summed E-state index contributed by atoms with van der Waals surface area (Å²) in [6.45, 7) is 10.2. The molecule has 4 nitrogen and oxygen atoms in total. The van der Waals surface area contributed by atoms with Crippen LogP contribution in [0.15, 0.2) is 39.2 Å². The van der Waals surface area contributed by atoms with Gasteiger partial charge in [0.2, 0.25) is 0 Å². The molecular weight excluding hydrogens is 328 g/mol. The molecule has 26 heavy (non-hydrogen) atoms. The van der Waals surface area contributed by atoms with E-state index in [1.54, 1.807) is 0 Å². The quantitative estimate of drug-likeness (QED) is 0.713. The summed E-state index contributed by atoms with van der Waals surface area (Å²) < 4.78 is 12.1. The van der Waals surface area contributed by atoms with Gasteiger partial charge < -0.3 is 9.15 Å². The van der Waals surface area contributed by atoms with Crippen LogP contribution < -0.4 is 0 Å². The number of allylic oxidation sites excluding steroid dienone is 4. The molecule has 2 aliphatic carbocycles. The van der Waals surface area contributed by atoms with E-state index >= 15 is 0 Å². The molecule has 0 spiro atoms. The van der Waals surface area contributed by atoms with Crippen LogP contribution in [0.4, 0.5) is 0 Å². The number of furan rings is 1. The van der Waals surface area contributed by atoms with Crippen molar-refractivity contribution in [3.8, 4) is 0 Å². The van der Waals surface area contributed by atoms with Gasteiger partial charge in [-0.3, -0.25) is 9.59 Å². The Labute approximate surface area is 154 Å². The van der Waals surface area contributed by atoms with Crippen molar-refractivity contribution in [2.24, 2.45) is 10.8 Å². The standard InChI is InChI=1S/C22H26O4/c1-12-6-7-15(25-12)20-18-13(23)8-21(2,3)10-16(18)26-17-11-22(4,5)9-14(24)19(17)20/h6-7,20H,8-11H2,1-5H3. The second-order valence-corrected chi connectivity index (χ2v) is 9.54. The van der Waals surface area contributed by atoms with E-state index in [4.69, 9.17) is 9.15 Å². The van der Waals surface area contributed by atoms with Crippen LogP contribution in [0.2, 0.25) is 0 Å². The molecule has 0 atom stereocenters. The zero-order valence-corrected chi connectivity index (χ0v) is 16.2. The fourth-order valence-electron chi connectivity index (χ4n) is 4.57. The van der Waals surface area contributed by atoms with Crippen LogP contribution in [0.25, 0.3) is 0 Å². The zero-order chi connectivity index (χ0) is 18.9. The summed E-state index contributed by atoms with van der Waals surface area (Å²) in [4.78, 5) is 26.1. The highest BCUT2D eigenvalue weighted by Crippen LogP contribution is 2.53. The molecule has 4 heteroatoms. The average Bonchev–Trinajstić information content (AvgIpc) is 2.88. The molecule has 0 fully saturated rings. The summed E-state index contributed by atoms with van der Waals surface area (Å²) in [5.41, 5.74) is 0.994. The van der Waals surface area contributed by atoms with E-state index in [-0.39, 0.29) is 22.4 Å². The van der Waals surface area contributed by atoms with Gasteiger partial charge in [-0.15, -0.1) is 0 Å². The highest BCUT2D eigenvalue weighted by Gasteiger charge is 2.48. The van der Waals surface area contributed by atoms with Gasteiger partial charge in [0.15, 0.2) is 11.6 Å². The minimum Gasteiger partial charge on any atom is -0.465 e. The molecule has 138 valence electrons. The van der Waals surface area contributed by atoms with Crippen molar-refractivity contribution in [2.45, 2.75) is 66.2 Å². The van der Waals surface area contributed by atoms with Crippen LogP contribution >= 0.6 is 0 Å². The first-order chi connectivity index (χ1) is 12.1. The Balaban J connectivity index is 1.90. The van der Waals surface area contributed by atoms with E-state index in [0.29, 0.717) is 42.6 Å². The Morgan fingerprint density at radius 2 is 1.35 bits per heavy atom. The highest BCUT2D eigenvalue weighted by molar-refractivity contribution is 6.06. The predicted molar refractivity (Wildman–Crippen MR) is 97.4 cm³/mol. The van der Waals surface area contributed by atoms with Crippen LogP contribution in [-0.4, -0.2) is 11.6 Å². The number of rotatable bonds is 1. The molecule has 2 heterocycles. The molecule has 1 aliphatic heterocycles. The third-order valence-electron chi connectivity index (χ3n) is 5.63. The fraction of sp³-hybridized carbons (Fsp3) is 0.545. The van der Waals surface area contributed by atoms with Gasteiger partial charge in [0.25, 0.3) is 0 Å². The summed E-state index contributed by atoms with van der Waals surface area (Å²) in [6, 6.07) is 3.78. The maximum Gasteiger partial charge on any atom is 0.163 e. The third kappa shape index (κ3) is 2.76. The Kier molecular flexibility index (Phi) is 3.63. The van der Waals surface area contributed by atoms with Gasteiger partial charge in [0, 0.05) is 36.8 Å². The Bertz CT molecular complexity index is 824. The van der Waals surface area contributed by atoms with Crippen molar-refractivity contribution in [2.75, 3.05) is 0 Å². The summed E-state index contributed by atoms with van der Waals surface area (Å²) in [5.74, 6) is 2.63. The molecule has 0 unspecified atom stereocenters. The summed E-state index contributed by atoms with van der Waals surface area (Å²) in [7, 11) is 0. The zero-order valence-electron chi connectivity index (χ0n) is 16.2. The van der Waals surface area contributed by atoms with Crippen molar-refractivity contribution >= 4 is 11.6 Å². The van der Waals surface area contributed by atoms with E-state index < -0.39 is 5.92 Å². The lowest BCUT2D eigenvalue weighted by Crippen LogP contribution is -2.37. The topological polar surface area (TPSA) is 56.5 Å². The summed E-state index contributed by atoms with van der Waals surface area (Å²) in [5, 5.41) is 0. The first-order valence-corrected chi connectivity index (χ1v) is 9.33. The molecule has 0 amide bonds. The van der Waals surface area contributed by atoms with Gasteiger partial charge in [-0.2, -0.15) is 0 Å². The number of hydrogen-bond acceptors (Lipinski definition) is 4. The molecular formula is C22H26O4. The van der Waals surface area contributed by atoms with E-state index in [1.165, 1.54) is 0 Å². The molecule has 0 N–H and O–H groups in total.